The summed E-state index contributed by atoms with van der Waals surface area (Å²) in [7, 11) is 0. The quantitative estimate of drug-likeness (QED) is 0.561. The molecule has 2 nitrogen and oxygen atoms in total. The van der Waals surface area contributed by atoms with Crippen molar-refractivity contribution >= 4 is 23.2 Å². The molecular formula is C19H29Cl2NO. The molecule has 4 heteroatoms. The van der Waals surface area contributed by atoms with Gasteiger partial charge in [-0.2, -0.15) is 0 Å². The normalized spacial score (nSPS) is 17.7. The first-order valence-electron chi connectivity index (χ1n) is 8.81. The van der Waals surface area contributed by atoms with Crippen molar-refractivity contribution in [2.24, 2.45) is 5.92 Å². The molecular weight excluding hydrogens is 329 g/mol. The molecule has 1 aliphatic carbocycles. The second-order valence-electron chi connectivity index (χ2n) is 6.81. The van der Waals surface area contributed by atoms with Crippen molar-refractivity contribution in [2.45, 2.75) is 51.4 Å². The molecule has 23 heavy (non-hydrogen) atoms. The minimum atomic E-state index is 0.318. The van der Waals surface area contributed by atoms with E-state index in [-0.39, 0.29) is 0 Å². The summed E-state index contributed by atoms with van der Waals surface area (Å²) in [5, 5.41) is 4.80. The van der Waals surface area contributed by atoms with Crippen LogP contribution < -0.4 is 5.32 Å². The third-order valence-electron chi connectivity index (χ3n) is 5.02. The van der Waals surface area contributed by atoms with Gasteiger partial charge in [0.2, 0.25) is 0 Å². The monoisotopic (exact) mass is 357 g/mol. The zero-order chi connectivity index (χ0) is 16.7. The molecule has 130 valence electrons. The van der Waals surface area contributed by atoms with Gasteiger partial charge in [0.25, 0.3) is 0 Å². The highest BCUT2D eigenvalue weighted by Gasteiger charge is 2.39. The van der Waals surface area contributed by atoms with Crippen molar-refractivity contribution in [3.63, 3.8) is 0 Å². The lowest BCUT2D eigenvalue weighted by atomic mass is 9.60. The largest absolute Gasteiger partial charge is 0.380 e. The highest BCUT2D eigenvalue weighted by atomic mass is 35.5. The maximum Gasteiger partial charge on any atom is 0.0595 e. The van der Waals surface area contributed by atoms with Gasteiger partial charge in [-0.25, -0.2) is 0 Å². The second-order valence-corrected chi connectivity index (χ2v) is 7.62. The van der Waals surface area contributed by atoms with Gasteiger partial charge in [0.05, 0.1) is 16.7 Å². The fourth-order valence-corrected chi connectivity index (χ4v) is 3.87. The Morgan fingerprint density at radius 1 is 1.22 bits per heavy atom. The van der Waals surface area contributed by atoms with Crippen molar-refractivity contribution in [3.8, 4) is 0 Å². The van der Waals surface area contributed by atoms with Gasteiger partial charge < -0.3 is 10.1 Å². The summed E-state index contributed by atoms with van der Waals surface area (Å²) < 4.78 is 5.34. The third-order valence-corrected chi connectivity index (χ3v) is 5.76. The molecule has 0 spiro atoms. The summed E-state index contributed by atoms with van der Waals surface area (Å²) in [5.74, 6) is 0.698. The number of hydrogen-bond donors (Lipinski definition) is 1. The average Bonchev–Trinajstić information content (AvgIpc) is 2.49. The predicted octanol–water partition coefficient (Wildman–Crippen LogP) is 5.46. The summed E-state index contributed by atoms with van der Waals surface area (Å²) >= 11 is 12.3. The van der Waals surface area contributed by atoms with E-state index >= 15 is 0 Å². The van der Waals surface area contributed by atoms with Crippen LogP contribution in [-0.2, 0) is 10.2 Å². The lowest BCUT2D eigenvalue weighted by molar-refractivity contribution is 0.148. The van der Waals surface area contributed by atoms with Crippen LogP contribution in [0.1, 0.15) is 51.5 Å². The Hall–Kier alpha value is -0.280. The molecule has 1 aromatic rings. The first-order valence-corrected chi connectivity index (χ1v) is 9.57. The van der Waals surface area contributed by atoms with E-state index in [4.69, 9.17) is 27.9 Å². The van der Waals surface area contributed by atoms with Crippen molar-refractivity contribution < 1.29 is 4.74 Å². The van der Waals surface area contributed by atoms with Crippen molar-refractivity contribution in [1.29, 1.82) is 0 Å². The minimum absolute atomic E-state index is 0.318. The van der Waals surface area contributed by atoms with Crippen LogP contribution in [-0.4, -0.2) is 26.3 Å². The van der Waals surface area contributed by atoms with E-state index in [9.17, 15) is 0 Å². The van der Waals surface area contributed by atoms with Gasteiger partial charge in [0.1, 0.15) is 0 Å². The molecule has 0 heterocycles. The van der Waals surface area contributed by atoms with Crippen LogP contribution in [0.15, 0.2) is 18.2 Å². The average molecular weight is 358 g/mol. The summed E-state index contributed by atoms with van der Waals surface area (Å²) in [6, 6.07) is 6.19. The van der Waals surface area contributed by atoms with Crippen LogP contribution in [0.5, 0.6) is 0 Å². The van der Waals surface area contributed by atoms with Gasteiger partial charge >= 0.3 is 0 Å². The maximum absolute atomic E-state index is 6.23. The molecule has 0 bridgehead atoms. The molecule has 0 saturated heterocycles. The highest BCUT2D eigenvalue weighted by Crippen LogP contribution is 2.49. The molecule has 1 saturated carbocycles. The Morgan fingerprint density at radius 3 is 2.61 bits per heavy atom. The van der Waals surface area contributed by atoms with Gasteiger partial charge in [-0.1, -0.05) is 42.6 Å². The maximum atomic E-state index is 6.23. The smallest absolute Gasteiger partial charge is 0.0595 e. The first kappa shape index (κ1) is 19.1. The zero-order valence-electron chi connectivity index (χ0n) is 14.3. The highest BCUT2D eigenvalue weighted by molar-refractivity contribution is 6.42. The number of benzene rings is 1. The molecule has 1 aliphatic rings. The van der Waals surface area contributed by atoms with Crippen LogP contribution in [0.2, 0.25) is 10.0 Å². The van der Waals surface area contributed by atoms with E-state index in [1.807, 2.05) is 13.0 Å². The van der Waals surface area contributed by atoms with Crippen LogP contribution in [0.3, 0.4) is 0 Å². The predicted molar refractivity (Wildman–Crippen MR) is 99.8 cm³/mol. The van der Waals surface area contributed by atoms with Crippen LogP contribution in [0, 0.1) is 5.92 Å². The molecule has 1 unspecified atom stereocenters. The van der Waals surface area contributed by atoms with E-state index in [1.54, 1.807) is 0 Å². The van der Waals surface area contributed by atoms with Crippen molar-refractivity contribution in [2.75, 3.05) is 26.3 Å². The van der Waals surface area contributed by atoms with E-state index < -0.39 is 0 Å². The number of hydrogen-bond acceptors (Lipinski definition) is 2. The molecule has 0 aliphatic heterocycles. The van der Waals surface area contributed by atoms with Gasteiger partial charge in [-0.15, -0.1) is 0 Å². The molecule has 0 aromatic heterocycles. The van der Waals surface area contributed by atoms with Gasteiger partial charge in [0.15, 0.2) is 0 Å². The van der Waals surface area contributed by atoms with Crippen molar-refractivity contribution in [3.05, 3.63) is 33.8 Å². The first-order chi connectivity index (χ1) is 11.1. The summed E-state index contributed by atoms with van der Waals surface area (Å²) in [5.41, 5.74) is 1.69. The molecule has 1 atom stereocenters. The van der Waals surface area contributed by atoms with Gasteiger partial charge in [-0.3, -0.25) is 0 Å². The van der Waals surface area contributed by atoms with E-state index in [0.717, 1.165) is 26.3 Å². The lowest BCUT2D eigenvalue weighted by Gasteiger charge is -2.44. The third kappa shape index (κ3) is 5.35. The number of ether oxygens (including phenoxy) is 1. The fraction of sp³-hybridized carbons (Fsp3) is 0.684. The minimum Gasteiger partial charge on any atom is -0.380 e. The van der Waals surface area contributed by atoms with Gasteiger partial charge in [0, 0.05) is 13.2 Å². The van der Waals surface area contributed by atoms with Gasteiger partial charge in [-0.05, 0) is 68.2 Å². The molecule has 1 fully saturated rings. The fourth-order valence-electron chi connectivity index (χ4n) is 3.57. The summed E-state index contributed by atoms with van der Waals surface area (Å²) in [4.78, 5) is 0. The summed E-state index contributed by atoms with van der Waals surface area (Å²) in [6.07, 6.45) is 6.30. The van der Waals surface area contributed by atoms with E-state index in [0.29, 0.717) is 21.4 Å². The van der Waals surface area contributed by atoms with E-state index in [1.165, 1.54) is 37.7 Å². The van der Waals surface area contributed by atoms with Crippen LogP contribution >= 0.6 is 23.2 Å². The molecule has 1 N–H and O–H groups in total. The Kier molecular flexibility index (Phi) is 7.68. The topological polar surface area (TPSA) is 21.3 Å². The number of halogens is 2. The lowest BCUT2D eigenvalue weighted by Crippen LogP contribution is -2.36. The summed E-state index contributed by atoms with van der Waals surface area (Å²) in [6.45, 7) is 8.00. The molecule has 0 amide bonds. The molecule has 0 radical (unpaired) electrons. The number of nitrogens with one attached hydrogen (secondary N) is 1. The standard InChI is InChI=1S/C19H29Cl2NO/c1-3-23-12-11-22-10-7-15(2)14-19(8-4-9-19)16-5-6-17(20)18(21)13-16/h5-6,13,15,22H,3-4,7-12,14H2,1-2H3. The molecule has 1 aromatic carbocycles. The second kappa shape index (κ2) is 9.27. The van der Waals surface area contributed by atoms with E-state index in [2.05, 4.69) is 24.4 Å². The Balaban J connectivity index is 1.82. The Morgan fingerprint density at radius 2 is 2.00 bits per heavy atom. The number of rotatable bonds is 10. The SMILES string of the molecule is CCOCCNCCC(C)CC1(c2ccc(Cl)c(Cl)c2)CCC1. The Bertz CT molecular complexity index is 488. The van der Waals surface area contributed by atoms with Crippen molar-refractivity contribution in [1.82, 2.24) is 5.32 Å². The van der Waals surface area contributed by atoms with Crippen LogP contribution in [0.4, 0.5) is 0 Å². The van der Waals surface area contributed by atoms with Crippen LogP contribution in [0.25, 0.3) is 0 Å². The molecule has 2 rings (SSSR count). The zero-order valence-corrected chi connectivity index (χ0v) is 15.8. The Labute approximate surface area is 150 Å².